The zero-order valence-corrected chi connectivity index (χ0v) is 15.1. The van der Waals surface area contributed by atoms with E-state index in [1.165, 1.54) is 12.3 Å². The third-order valence-electron chi connectivity index (χ3n) is 3.47. The number of amides is 3. The van der Waals surface area contributed by atoms with Crippen LogP contribution in [0.3, 0.4) is 0 Å². The molecule has 0 fully saturated rings. The Balaban J connectivity index is 1.95. The molecule has 0 unspecified atom stereocenters. The van der Waals surface area contributed by atoms with Gasteiger partial charge in [-0.1, -0.05) is 24.3 Å². The molecule has 3 N–H and O–H groups in total. The van der Waals surface area contributed by atoms with Gasteiger partial charge in [0.05, 0.1) is 0 Å². The number of pyridine rings is 1. The minimum atomic E-state index is -0.765. The number of nitrogens with one attached hydrogen (secondary N) is 3. The number of hydrogen-bond acceptors (Lipinski definition) is 5. The van der Waals surface area contributed by atoms with Crippen molar-refractivity contribution in [3.05, 3.63) is 66.0 Å². The van der Waals surface area contributed by atoms with Crippen LogP contribution in [0.4, 0.5) is 0 Å². The molecule has 26 heavy (non-hydrogen) atoms. The highest BCUT2D eigenvalue weighted by Crippen LogP contribution is 2.04. The number of carbonyl (C=O) groups excluding carboxylic acids is 3. The molecular weight excluding hydrogens is 352 g/mol. The van der Waals surface area contributed by atoms with Gasteiger partial charge in [0.2, 0.25) is 0 Å². The molecule has 0 saturated heterocycles. The van der Waals surface area contributed by atoms with Gasteiger partial charge in [0.15, 0.2) is 0 Å². The lowest BCUT2D eigenvalue weighted by Crippen LogP contribution is -2.52. The summed E-state index contributed by atoms with van der Waals surface area (Å²) in [4.78, 5) is 40.5. The Morgan fingerprint density at radius 3 is 2.38 bits per heavy atom. The molecular formula is C18H20N4O3S. The monoisotopic (exact) mass is 372 g/mol. The van der Waals surface area contributed by atoms with E-state index in [4.69, 9.17) is 0 Å². The van der Waals surface area contributed by atoms with Crippen molar-refractivity contribution < 1.29 is 14.4 Å². The standard InChI is InChI=1S/C18H20N4O3S/c1-26-12-10-15(20-16(23)13-7-3-2-4-8-13)18(25)22-21-17(24)14-9-5-6-11-19-14/h2-9,11,15H,10,12H2,1H3,(H,20,23)(H,21,24)(H,22,25)/t15-/m1/s1. The van der Waals surface area contributed by atoms with Crippen LogP contribution in [0.1, 0.15) is 27.3 Å². The number of thioether (sulfide) groups is 1. The number of hydrazine groups is 1. The van der Waals surface area contributed by atoms with E-state index in [1.54, 1.807) is 48.2 Å². The van der Waals surface area contributed by atoms with E-state index in [-0.39, 0.29) is 11.6 Å². The topological polar surface area (TPSA) is 100 Å². The number of benzene rings is 1. The average molecular weight is 372 g/mol. The zero-order chi connectivity index (χ0) is 18.8. The van der Waals surface area contributed by atoms with E-state index >= 15 is 0 Å². The summed E-state index contributed by atoms with van der Waals surface area (Å²) in [6.07, 6.45) is 3.83. The first-order valence-electron chi connectivity index (χ1n) is 7.98. The maximum Gasteiger partial charge on any atom is 0.288 e. The van der Waals surface area contributed by atoms with Gasteiger partial charge in [0.1, 0.15) is 11.7 Å². The van der Waals surface area contributed by atoms with Crippen LogP contribution in [-0.2, 0) is 4.79 Å². The minimum absolute atomic E-state index is 0.182. The van der Waals surface area contributed by atoms with Crippen molar-refractivity contribution in [2.24, 2.45) is 0 Å². The van der Waals surface area contributed by atoms with E-state index in [0.717, 1.165) is 0 Å². The van der Waals surface area contributed by atoms with E-state index in [9.17, 15) is 14.4 Å². The van der Waals surface area contributed by atoms with Crippen LogP contribution in [0.15, 0.2) is 54.7 Å². The second-order valence-corrected chi connectivity index (χ2v) is 6.32. The van der Waals surface area contributed by atoms with Crippen molar-refractivity contribution in [3.63, 3.8) is 0 Å². The van der Waals surface area contributed by atoms with Gasteiger partial charge in [0.25, 0.3) is 17.7 Å². The second-order valence-electron chi connectivity index (χ2n) is 5.33. The first-order chi connectivity index (χ1) is 12.6. The molecule has 136 valence electrons. The fourth-order valence-electron chi connectivity index (χ4n) is 2.10. The van der Waals surface area contributed by atoms with Crippen molar-refractivity contribution >= 4 is 29.5 Å². The van der Waals surface area contributed by atoms with Crippen molar-refractivity contribution in [1.82, 2.24) is 21.2 Å². The van der Waals surface area contributed by atoms with Gasteiger partial charge < -0.3 is 5.32 Å². The predicted molar refractivity (Wildman–Crippen MR) is 101 cm³/mol. The SMILES string of the molecule is CSCC[C@@H](NC(=O)c1ccccc1)C(=O)NNC(=O)c1ccccn1. The third-order valence-corrected chi connectivity index (χ3v) is 4.11. The largest absolute Gasteiger partial charge is 0.340 e. The molecule has 2 aromatic rings. The molecule has 0 aliphatic carbocycles. The predicted octanol–water partition coefficient (Wildman–Crippen LogP) is 1.39. The Labute approximate surface area is 155 Å². The van der Waals surface area contributed by atoms with Gasteiger partial charge >= 0.3 is 0 Å². The molecule has 0 aliphatic rings. The Kier molecular flexibility index (Phi) is 7.63. The lowest BCUT2D eigenvalue weighted by atomic mass is 10.1. The fraction of sp³-hybridized carbons (Fsp3) is 0.222. The highest BCUT2D eigenvalue weighted by atomic mass is 32.2. The summed E-state index contributed by atoms with van der Waals surface area (Å²) in [6, 6.07) is 12.8. The van der Waals surface area contributed by atoms with E-state index in [0.29, 0.717) is 17.7 Å². The Hall–Kier alpha value is -2.87. The molecule has 1 atom stereocenters. The van der Waals surface area contributed by atoms with Crippen LogP contribution in [-0.4, -0.2) is 40.8 Å². The number of nitrogens with zero attached hydrogens (tertiary/aromatic N) is 1. The molecule has 1 heterocycles. The molecule has 3 amide bonds. The van der Waals surface area contributed by atoms with E-state index in [2.05, 4.69) is 21.2 Å². The lowest BCUT2D eigenvalue weighted by molar-refractivity contribution is -0.123. The average Bonchev–Trinajstić information content (AvgIpc) is 2.70. The lowest BCUT2D eigenvalue weighted by Gasteiger charge is -2.18. The summed E-state index contributed by atoms with van der Waals surface area (Å²) in [5.74, 6) is -0.686. The molecule has 2 rings (SSSR count). The molecule has 0 bridgehead atoms. The smallest absolute Gasteiger partial charge is 0.288 e. The molecule has 1 aromatic heterocycles. The summed E-state index contributed by atoms with van der Waals surface area (Å²) in [6.45, 7) is 0. The summed E-state index contributed by atoms with van der Waals surface area (Å²) in [7, 11) is 0. The number of carbonyl (C=O) groups is 3. The molecule has 0 radical (unpaired) electrons. The molecule has 0 aliphatic heterocycles. The number of aromatic nitrogens is 1. The fourth-order valence-corrected chi connectivity index (χ4v) is 2.57. The summed E-state index contributed by atoms with van der Waals surface area (Å²) < 4.78 is 0. The van der Waals surface area contributed by atoms with Crippen LogP contribution < -0.4 is 16.2 Å². The van der Waals surface area contributed by atoms with Crippen molar-refractivity contribution in [3.8, 4) is 0 Å². The molecule has 7 nitrogen and oxygen atoms in total. The van der Waals surface area contributed by atoms with Crippen LogP contribution >= 0.6 is 11.8 Å². The van der Waals surface area contributed by atoms with Crippen LogP contribution in [0, 0.1) is 0 Å². The van der Waals surface area contributed by atoms with Crippen molar-refractivity contribution in [2.75, 3.05) is 12.0 Å². The summed E-state index contributed by atoms with van der Waals surface area (Å²) in [5.41, 5.74) is 5.30. The molecule has 8 heteroatoms. The van der Waals surface area contributed by atoms with Crippen LogP contribution in [0.2, 0.25) is 0 Å². The first kappa shape index (κ1) is 19.5. The second kappa shape index (κ2) is 10.2. The first-order valence-corrected chi connectivity index (χ1v) is 9.37. The summed E-state index contributed by atoms with van der Waals surface area (Å²) in [5, 5.41) is 2.70. The Bertz CT molecular complexity index is 741. The number of hydrogen-bond donors (Lipinski definition) is 3. The van der Waals surface area contributed by atoms with Crippen molar-refractivity contribution in [1.29, 1.82) is 0 Å². The zero-order valence-electron chi connectivity index (χ0n) is 14.3. The minimum Gasteiger partial charge on any atom is -0.340 e. The highest BCUT2D eigenvalue weighted by Gasteiger charge is 2.21. The third kappa shape index (κ3) is 5.89. The Morgan fingerprint density at radius 1 is 1.00 bits per heavy atom. The highest BCUT2D eigenvalue weighted by molar-refractivity contribution is 7.98. The van der Waals surface area contributed by atoms with E-state index < -0.39 is 17.9 Å². The van der Waals surface area contributed by atoms with Gasteiger partial charge in [-0.05, 0) is 42.7 Å². The molecule has 0 spiro atoms. The van der Waals surface area contributed by atoms with Gasteiger partial charge in [-0.3, -0.25) is 30.2 Å². The van der Waals surface area contributed by atoms with Gasteiger partial charge in [-0.15, -0.1) is 0 Å². The number of rotatable bonds is 7. The molecule has 0 saturated carbocycles. The summed E-state index contributed by atoms with van der Waals surface area (Å²) >= 11 is 1.56. The molecule has 1 aromatic carbocycles. The van der Waals surface area contributed by atoms with Gasteiger partial charge in [-0.25, -0.2) is 0 Å². The van der Waals surface area contributed by atoms with Gasteiger partial charge in [-0.2, -0.15) is 11.8 Å². The quantitative estimate of drug-likeness (QED) is 0.638. The Morgan fingerprint density at radius 2 is 1.73 bits per heavy atom. The van der Waals surface area contributed by atoms with Crippen LogP contribution in [0.25, 0.3) is 0 Å². The maximum atomic E-state index is 12.4. The maximum absolute atomic E-state index is 12.4. The van der Waals surface area contributed by atoms with Crippen molar-refractivity contribution in [2.45, 2.75) is 12.5 Å². The van der Waals surface area contributed by atoms with E-state index in [1.807, 2.05) is 12.3 Å². The normalized spacial score (nSPS) is 11.3. The van der Waals surface area contributed by atoms with Gasteiger partial charge in [0, 0.05) is 11.8 Å². The van der Waals surface area contributed by atoms with Crippen LogP contribution in [0.5, 0.6) is 0 Å².